The second-order valence-electron chi connectivity index (χ2n) is 9.31. The summed E-state index contributed by atoms with van der Waals surface area (Å²) in [7, 11) is 2.07. The van der Waals surface area contributed by atoms with Crippen LogP contribution in [0.15, 0.2) is 16.9 Å². The van der Waals surface area contributed by atoms with Gasteiger partial charge >= 0.3 is 6.03 Å². The van der Waals surface area contributed by atoms with Gasteiger partial charge < -0.3 is 19.7 Å². The summed E-state index contributed by atoms with van der Waals surface area (Å²) in [5, 5.41) is 3.07. The van der Waals surface area contributed by atoms with Gasteiger partial charge in [0, 0.05) is 61.2 Å². The Morgan fingerprint density at radius 1 is 1.29 bits per heavy atom. The first-order chi connectivity index (χ1) is 13.2. The van der Waals surface area contributed by atoms with E-state index in [2.05, 4.69) is 29.6 Å². The first kappa shape index (κ1) is 21.2. The van der Waals surface area contributed by atoms with Gasteiger partial charge in [0.15, 0.2) is 0 Å². The van der Waals surface area contributed by atoms with Crippen LogP contribution >= 0.6 is 11.8 Å². The van der Waals surface area contributed by atoms with E-state index in [1.165, 1.54) is 0 Å². The van der Waals surface area contributed by atoms with Gasteiger partial charge in [-0.3, -0.25) is 4.79 Å². The molecule has 1 aromatic heterocycles. The number of likely N-dealkylation sites (tertiary alicyclic amines) is 1. The molecule has 2 atom stereocenters. The molecule has 2 aliphatic rings. The molecule has 28 heavy (non-hydrogen) atoms. The van der Waals surface area contributed by atoms with Gasteiger partial charge in [-0.25, -0.2) is 4.79 Å². The second kappa shape index (κ2) is 8.49. The highest BCUT2D eigenvalue weighted by atomic mass is 32.2. The number of hydrogen-bond donors (Lipinski definition) is 1. The normalized spacial score (nSPS) is 21.6. The second-order valence-corrected chi connectivity index (χ2v) is 10.3. The Bertz CT molecular complexity index is 771. The summed E-state index contributed by atoms with van der Waals surface area (Å²) in [6, 6.07) is 4.12. The standard InChI is InChI=1S/C21H34N4O2S/c1-21(2,3)22-20(27)24-11-15-10-17(14-24)18-7-6-16(19(26)25(18)12-15)13-23(4)8-9-28-5/h6-7,15,17H,8-14H2,1-5H3,(H,22,27)/t15-,17+/m0/s1. The molecule has 2 amide bonds. The number of urea groups is 1. The average Bonchev–Trinajstić information content (AvgIpc) is 2.61. The quantitative estimate of drug-likeness (QED) is 0.817. The van der Waals surface area contributed by atoms with E-state index in [0.717, 1.165) is 36.5 Å². The maximum atomic E-state index is 13.1. The molecule has 1 aromatic rings. The van der Waals surface area contributed by atoms with Gasteiger partial charge in [0.2, 0.25) is 0 Å². The zero-order chi connectivity index (χ0) is 20.5. The fourth-order valence-corrected chi connectivity index (χ4v) is 4.79. The van der Waals surface area contributed by atoms with Gasteiger partial charge in [0.25, 0.3) is 5.56 Å². The van der Waals surface area contributed by atoms with Gasteiger partial charge in [-0.2, -0.15) is 11.8 Å². The number of aromatic nitrogens is 1. The van der Waals surface area contributed by atoms with E-state index < -0.39 is 0 Å². The maximum Gasteiger partial charge on any atom is 0.317 e. The average molecular weight is 407 g/mol. The van der Waals surface area contributed by atoms with E-state index in [1.807, 2.05) is 48.1 Å². The van der Waals surface area contributed by atoms with E-state index >= 15 is 0 Å². The number of carbonyl (C=O) groups excluding carboxylic acids is 1. The molecular weight excluding hydrogens is 372 g/mol. The van der Waals surface area contributed by atoms with Gasteiger partial charge in [-0.15, -0.1) is 0 Å². The molecule has 6 nitrogen and oxygen atoms in total. The Morgan fingerprint density at radius 3 is 2.71 bits per heavy atom. The molecule has 0 spiro atoms. The van der Waals surface area contributed by atoms with E-state index in [4.69, 9.17) is 0 Å². The largest absolute Gasteiger partial charge is 0.333 e. The molecule has 156 valence electrons. The summed E-state index contributed by atoms with van der Waals surface area (Å²) in [5.74, 6) is 1.66. The highest BCUT2D eigenvalue weighted by Gasteiger charge is 2.37. The van der Waals surface area contributed by atoms with Crippen LogP contribution in [0.5, 0.6) is 0 Å². The van der Waals surface area contributed by atoms with Crippen LogP contribution < -0.4 is 10.9 Å². The lowest BCUT2D eigenvalue weighted by molar-refractivity contribution is 0.126. The van der Waals surface area contributed by atoms with Crippen molar-refractivity contribution in [1.82, 2.24) is 19.7 Å². The molecule has 0 aromatic carbocycles. The van der Waals surface area contributed by atoms with Crippen molar-refractivity contribution in [1.29, 1.82) is 0 Å². The van der Waals surface area contributed by atoms with Crippen molar-refractivity contribution < 1.29 is 4.79 Å². The summed E-state index contributed by atoms with van der Waals surface area (Å²) >= 11 is 1.82. The van der Waals surface area contributed by atoms with Gasteiger partial charge in [-0.05, 0) is 52.5 Å². The molecule has 2 bridgehead atoms. The van der Waals surface area contributed by atoms with Crippen LogP contribution in [0.4, 0.5) is 4.79 Å². The van der Waals surface area contributed by atoms with Gasteiger partial charge in [-0.1, -0.05) is 6.07 Å². The third-order valence-electron chi connectivity index (χ3n) is 5.57. The Labute approximate surface area is 172 Å². The van der Waals surface area contributed by atoms with Crippen LogP contribution in [0.3, 0.4) is 0 Å². The molecule has 1 fully saturated rings. The molecule has 3 heterocycles. The minimum absolute atomic E-state index is 0.00466. The summed E-state index contributed by atoms with van der Waals surface area (Å²) in [6.07, 6.45) is 3.16. The molecule has 1 N–H and O–H groups in total. The predicted molar refractivity (Wildman–Crippen MR) is 116 cm³/mol. The number of nitrogens with one attached hydrogen (secondary N) is 1. The first-order valence-corrected chi connectivity index (χ1v) is 11.5. The summed E-state index contributed by atoms with van der Waals surface area (Å²) < 4.78 is 1.98. The minimum Gasteiger partial charge on any atom is -0.333 e. The fraction of sp³-hybridized carbons (Fsp3) is 0.714. The number of fused-ring (bicyclic) bond motifs is 4. The van der Waals surface area contributed by atoms with Crippen LogP contribution in [0.2, 0.25) is 0 Å². The molecule has 0 radical (unpaired) electrons. The summed E-state index contributed by atoms with van der Waals surface area (Å²) in [6.45, 7) is 9.80. The highest BCUT2D eigenvalue weighted by Crippen LogP contribution is 2.35. The zero-order valence-electron chi connectivity index (χ0n) is 17.8. The van der Waals surface area contributed by atoms with Crippen LogP contribution in [0, 0.1) is 5.92 Å². The van der Waals surface area contributed by atoms with Crippen molar-refractivity contribution in [2.24, 2.45) is 5.92 Å². The Hall–Kier alpha value is -1.47. The van der Waals surface area contributed by atoms with Crippen molar-refractivity contribution >= 4 is 17.8 Å². The van der Waals surface area contributed by atoms with E-state index in [0.29, 0.717) is 25.6 Å². The number of rotatable bonds is 5. The SMILES string of the molecule is CSCCN(C)Cc1ccc2n(c1=O)C[C@H]1C[C@@H]2CN(C(=O)NC(C)(C)C)C1. The van der Waals surface area contributed by atoms with Crippen LogP contribution in [0.25, 0.3) is 0 Å². The van der Waals surface area contributed by atoms with Crippen LogP contribution in [-0.2, 0) is 13.1 Å². The highest BCUT2D eigenvalue weighted by molar-refractivity contribution is 7.98. The molecular formula is C21H34N4O2S. The van der Waals surface area contributed by atoms with Crippen molar-refractivity contribution in [3.8, 4) is 0 Å². The Balaban J connectivity index is 1.76. The lowest BCUT2D eigenvalue weighted by atomic mass is 9.83. The maximum absolute atomic E-state index is 13.1. The smallest absolute Gasteiger partial charge is 0.317 e. The number of hydrogen-bond acceptors (Lipinski definition) is 4. The van der Waals surface area contributed by atoms with Crippen molar-refractivity contribution in [2.45, 2.75) is 51.7 Å². The number of amides is 2. The van der Waals surface area contributed by atoms with Gasteiger partial charge in [0.1, 0.15) is 0 Å². The first-order valence-electron chi connectivity index (χ1n) is 10.1. The number of thioether (sulfide) groups is 1. The van der Waals surface area contributed by atoms with Crippen LogP contribution in [0.1, 0.15) is 44.4 Å². The minimum atomic E-state index is -0.240. The monoisotopic (exact) mass is 406 g/mol. The summed E-state index contributed by atoms with van der Waals surface area (Å²) in [5.41, 5.74) is 1.87. The zero-order valence-corrected chi connectivity index (χ0v) is 18.6. The van der Waals surface area contributed by atoms with Crippen molar-refractivity contribution in [3.63, 3.8) is 0 Å². The molecule has 7 heteroatoms. The molecule has 0 unspecified atom stereocenters. The van der Waals surface area contributed by atoms with Crippen molar-refractivity contribution in [3.05, 3.63) is 33.7 Å². The molecule has 0 saturated carbocycles. The number of nitrogens with zero attached hydrogens (tertiary/aromatic N) is 3. The number of piperidine rings is 1. The van der Waals surface area contributed by atoms with Crippen molar-refractivity contribution in [2.75, 3.05) is 38.7 Å². The number of carbonyl (C=O) groups is 1. The van der Waals surface area contributed by atoms with E-state index in [9.17, 15) is 9.59 Å². The lowest BCUT2D eigenvalue weighted by Crippen LogP contribution is -2.55. The topological polar surface area (TPSA) is 57.6 Å². The van der Waals surface area contributed by atoms with Gasteiger partial charge in [0.05, 0.1) is 0 Å². The Morgan fingerprint density at radius 2 is 2.04 bits per heavy atom. The third-order valence-corrected chi connectivity index (χ3v) is 6.16. The lowest BCUT2D eigenvalue weighted by Gasteiger charge is -2.43. The van der Waals surface area contributed by atoms with Crippen LogP contribution in [-0.4, -0.2) is 64.6 Å². The predicted octanol–water partition coefficient (Wildman–Crippen LogP) is 2.57. The van der Waals surface area contributed by atoms with E-state index in [-0.39, 0.29) is 23.0 Å². The molecule has 0 aliphatic carbocycles. The third kappa shape index (κ3) is 4.92. The Kier molecular flexibility index (Phi) is 6.44. The number of pyridine rings is 1. The molecule has 2 aliphatic heterocycles. The fourth-order valence-electron chi connectivity index (χ4n) is 4.29. The molecule has 3 rings (SSSR count). The molecule has 1 saturated heterocycles. The summed E-state index contributed by atoms with van der Waals surface area (Å²) in [4.78, 5) is 29.9. The van der Waals surface area contributed by atoms with E-state index in [1.54, 1.807) is 0 Å².